The zero-order chi connectivity index (χ0) is 14.7. The van der Waals surface area contributed by atoms with Gasteiger partial charge in [0.25, 0.3) is 0 Å². The third-order valence-electron chi connectivity index (χ3n) is 3.48. The van der Waals surface area contributed by atoms with Crippen LogP contribution in [0.25, 0.3) is 0 Å². The van der Waals surface area contributed by atoms with E-state index >= 15 is 0 Å². The highest BCUT2D eigenvalue weighted by atomic mass is 16.5. The summed E-state index contributed by atoms with van der Waals surface area (Å²) in [4.78, 5) is 14.0. The van der Waals surface area contributed by atoms with Crippen LogP contribution in [0.2, 0.25) is 0 Å². The van der Waals surface area contributed by atoms with Crippen molar-refractivity contribution in [3.8, 4) is 0 Å². The first-order valence-electron chi connectivity index (χ1n) is 7.14. The van der Waals surface area contributed by atoms with E-state index in [9.17, 15) is 4.79 Å². The van der Waals surface area contributed by atoms with E-state index in [4.69, 9.17) is 10.5 Å². The molecule has 19 heavy (non-hydrogen) atoms. The Morgan fingerprint density at radius 3 is 2.58 bits per heavy atom. The number of rotatable bonds is 11. The molecule has 0 aromatic rings. The number of nitrogens with zero attached hydrogens (tertiary/aromatic N) is 1. The maximum absolute atomic E-state index is 12.2. The van der Waals surface area contributed by atoms with Gasteiger partial charge in [-0.1, -0.05) is 19.9 Å². The lowest BCUT2D eigenvalue weighted by molar-refractivity contribution is -0.131. The van der Waals surface area contributed by atoms with E-state index in [0.717, 1.165) is 12.8 Å². The first-order chi connectivity index (χ1) is 9.06. The second-order valence-corrected chi connectivity index (χ2v) is 5.24. The van der Waals surface area contributed by atoms with Crippen molar-refractivity contribution >= 4 is 5.91 Å². The summed E-state index contributed by atoms with van der Waals surface area (Å²) in [6.07, 6.45) is 4.24. The van der Waals surface area contributed by atoms with Gasteiger partial charge in [-0.25, -0.2) is 0 Å². The molecule has 0 aliphatic rings. The number of ether oxygens (including phenoxy) is 1. The summed E-state index contributed by atoms with van der Waals surface area (Å²) in [5.74, 6) is 1.28. The van der Waals surface area contributed by atoms with Crippen molar-refractivity contribution in [2.75, 3.05) is 33.4 Å². The highest BCUT2D eigenvalue weighted by Crippen LogP contribution is 2.20. The van der Waals surface area contributed by atoms with Crippen LogP contribution in [0.15, 0.2) is 12.7 Å². The van der Waals surface area contributed by atoms with E-state index in [1.807, 2.05) is 0 Å². The molecule has 112 valence electrons. The number of hydrogen-bond donors (Lipinski definition) is 1. The van der Waals surface area contributed by atoms with Gasteiger partial charge in [-0.3, -0.25) is 4.79 Å². The van der Waals surface area contributed by atoms with E-state index in [0.29, 0.717) is 44.5 Å². The second-order valence-electron chi connectivity index (χ2n) is 5.24. The van der Waals surface area contributed by atoms with Crippen molar-refractivity contribution in [1.82, 2.24) is 4.90 Å². The summed E-state index contributed by atoms with van der Waals surface area (Å²) in [5.41, 5.74) is 5.62. The van der Waals surface area contributed by atoms with Gasteiger partial charge in [0.15, 0.2) is 0 Å². The van der Waals surface area contributed by atoms with Gasteiger partial charge in [-0.15, -0.1) is 6.58 Å². The summed E-state index contributed by atoms with van der Waals surface area (Å²) in [6, 6.07) is 0. The number of hydrogen-bond acceptors (Lipinski definition) is 3. The van der Waals surface area contributed by atoms with Crippen LogP contribution < -0.4 is 5.73 Å². The van der Waals surface area contributed by atoms with Crippen molar-refractivity contribution in [1.29, 1.82) is 0 Å². The minimum atomic E-state index is 0.180. The first-order valence-corrected chi connectivity index (χ1v) is 7.14. The molecular formula is C15H30N2O2. The van der Waals surface area contributed by atoms with E-state index in [2.05, 4.69) is 20.4 Å². The van der Waals surface area contributed by atoms with Crippen molar-refractivity contribution in [3.63, 3.8) is 0 Å². The van der Waals surface area contributed by atoms with Crippen LogP contribution in [0.4, 0.5) is 0 Å². The number of amides is 1. The average molecular weight is 270 g/mol. The molecule has 0 aromatic carbocycles. The van der Waals surface area contributed by atoms with Crippen molar-refractivity contribution in [2.24, 2.45) is 17.6 Å². The molecule has 0 aliphatic carbocycles. The van der Waals surface area contributed by atoms with Gasteiger partial charge in [-0.05, 0) is 31.2 Å². The Balaban J connectivity index is 4.25. The molecule has 0 heterocycles. The Morgan fingerprint density at radius 1 is 1.42 bits per heavy atom. The predicted molar refractivity (Wildman–Crippen MR) is 79.9 cm³/mol. The van der Waals surface area contributed by atoms with Gasteiger partial charge in [0.1, 0.15) is 0 Å². The van der Waals surface area contributed by atoms with Crippen molar-refractivity contribution in [3.05, 3.63) is 12.7 Å². The third kappa shape index (κ3) is 8.01. The maximum atomic E-state index is 12.2. The highest BCUT2D eigenvalue weighted by Gasteiger charge is 2.17. The first kappa shape index (κ1) is 18.1. The predicted octanol–water partition coefficient (Wildman–Crippen LogP) is 2.05. The zero-order valence-electron chi connectivity index (χ0n) is 12.7. The van der Waals surface area contributed by atoms with E-state index in [1.54, 1.807) is 18.1 Å². The Kier molecular flexibility index (Phi) is 10.5. The molecule has 1 atom stereocenters. The molecule has 4 heteroatoms. The fourth-order valence-corrected chi connectivity index (χ4v) is 2.17. The highest BCUT2D eigenvalue weighted by molar-refractivity contribution is 5.76. The number of carbonyl (C=O) groups excluding carboxylic acids is 1. The van der Waals surface area contributed by atoms with Crippen LogP contribution in [0.1, 0.15) is 33.1 Å². The molecule has 4 nitrogen and oxygen atoms in total. The van der Waals surface area contributed by atoms with Gasteiger partial charge in [0.05, 0.1) is 6.61 Å². The molecule has 1 amide bonds. The summed E-state index contributed by atoms with van der Waals surface area (Å²) in [6.45, 7) is 10.6. The minimum absolute atomic E-state index is 0.180. The smallest absolute Gasteiger partial charge is 0.222 e. The van der Waals surface area contributed by atoms with Gasteiger partial charge in [0.2, 0.25) is 5.91 Å². The average Bonchev–Trinajstić information content (AvgIpc) is 2.38. The maximum Gasteiger partial charge on any atom is 0.222 e. The number of methoxy groups -OCH3 is 1. The van der Waals surface area contributed by atoms with Crippen LogP contribution in [0.3, 0.4) is 0 Å². The van der Waals surface area contributed by atoms with E-state index in [-0.39, 0.29) is 5.91 Å². The molecule has 0 saturated heterocycles. The van der Waals surface area contributed by atoms with Crippen LogP contribution in [-0.4, -0.2) is 44.2 Å². The van der Waals surface area contributed by atoms with Gasteiger partial charge < -0.3 is 15.4 Å². The monoisotopic (exact) mass is 270 g/mol. The Morgan fingerprint density at radius 2 is 2.11 bits per heavy atom. The molecule has 0 fully saturated rings. The Hall–Kier alpha value is -0.870. The lowest BCUT2D eigenvalue weighted by atomic mass is 9.88. The summed E-state index contributed by atoms with van der Waals surface area (Å²) < 4.78 is 5.03. The number of carbonyl (C=O) groups is 1. The SMILES string of the molecule is C=CCN(CCOC)C(=O)CCC(CCN)C(C)C. The topological polar surface area (TPSA) is 55.6 Å². The molecule has 0 saturated carbocycles. The Labute approximate surface area is 118 Å². The van der Waals surface area contributed by atoms with Crippen LogP contribution >= 0.6 is 0 Å². The molecular weight excluding hydrogens is 240 g/mol. The lowest BCUT2D eigenvalue weighted by Crippen LogP contribution is -2.34. The number of nitrogens with two attached hydrogens (primary N) is 1. The lowest BCUT2D eigenvalue weighted by Gasteiger charge is -2.24. The van der Waals surface area contributed by atoms with Gasteiger partial charge in [-0.2, -0.15) is 0 Å². The molecule has 0 spiro atoms. The molecule has 0 aliphatic heterocycles. The Bertz CT molecular complexity index is 255. The molecule has 1 unspecified atom stereocenters. The fraction of sp³-hybridized carbons (Fsp3) is 0.800. The van der Waals surface area contributed by atoms with Gasteiger partial charge >= 0.3 is 0 Å². The fourth-order valence-electron chi connectivity index (χ4n) is 2.17. The molecule has 0 rings (SSSR count). The minimum Gasteiger partial charge on any atom is -0.383 e. The normalized spacial score (nSPS) is 12.5. The van der Waals surface area contributed by atoms with Crippen molar-refractivity contribution in [2.45, 2.75) is 33.1 Å². The summed E-state index contributed by atoms with van der Waals surface area (Å²) >= 11 is 0. The molecule has 0 bridgehead atoms. The molecule has 0 aromatic heterocycles. The summed E-state index contributed by atoms with van der Waals surface area (Å²) in [7, 11) is 1.65. The largest absolute Gasteiger partial charge is 0.383 e. The van der Waals surface area contributed by atoms with Crippen LogP contribution in [0, 0.1) is 11.8 Å². The standard InChI is InChI=1S/C15H30N2O2/c1-5-10-17(11-12-19-4)15(18)7-6-14(8-9-16)13(2)3/h5,13-14H,1,6-12,16H2,2-4H3. The van der Waals surface area contributed by atoms with Crippen LogP contribution in [0.5, 0.6) is 0 Å². The second kappa shape index (κ2) is 11.0. The van der Waals surface area contributed by atoms with Crippen molar-refractivity contribution < 1.29 is 9.53 Å². The van der Waals surface area contributed by atoms with E-state index in [1.165, 1.54) is 0 Å². The molecule has 0 radical (unpaired) electrons. The van der Waals surface area contributed by atoms with Crippen LogP contribution in [-0.2, 0) is 9.53 Å². The van der Waals surface area contributed by atoms with E-state index < -0.39 is 0 Å². The molecule has 2 N–H and O–H groups in total. The quantitative estimate of drug-likeness (QED) is 0.585. The van der Waals surface area contributed by atoms with Gasteiger partial charge in [0, 0.05) is 26.6 Å². The summed E-state index contributed by atoms with van der Waals surface area (Å²) in [5, 5.41) is 0. The third-order valence-corrected chi connectivity index (χ3v) is 3.48. The zero-order valence-corrected chi connectivity index (χ0v) is 12.7.